The lowest BCUT2D eigenvalue weighted by atomic mass is 9.50. The van der Waals surface area contributed by atoms with Gasteiger partial charge in [-0.2, -0.15) is 0 Å². The molecule has 1 amide bonds. The smallest absolute Gasteiger partial charge is 0.415 e. The first-order chi connectivity index (χ1) is 15.9. The summed E-state index contributed by atoms with van der Waals surface area (Å²) in [6.45, 7) is 1.92. The van der Waals surface area contributed by atoms with E-state index in [1.54, 1.807) is 12.0 Å². The summed E-state index contributed by atoms with van der Waals surface area (Å²) in [5.41, 5.74) is 6.49. The number of amides is 1. The molecule has 0 aromatic heterocycles. The predicted octanol–water partition coefficient (Wildman–Crippen LogP) is 1.92. The van der Waals surface area contributed by atoms with Gasteiger partial charge in [-0.25, -0.2) is 4.79 Å². The van der Waals surface area contributed by atoms with Crippen molar-refractivity contribution in [1.29, 1.82) is 0 Å². The number of likely N-dealkylation sites (tertiary alicyclic amines) is 2. The molecule has 3 N–H and O–H groups in total. The molecule has 8 nitrogen and oxygen atoms in total. The molecule has 1 spiro atoms. The van der Waals surface area contributed by atoms with Crippen LogP contribution in [0.1, 0.15) is 43.2 Å². The molecule has 2 fully saturated rings. The largest absolute Gasteiger partial charge is 0.493 e. The molecule has 0 saturated carbocycles. The second kappa shape index (κ2) is 7.35. The van der Waals surface area contributed by atoms with Crippen molar-refractivity contribution >= 4 is 6.09 Å². The maximum Gasteiger partial charge on any atom is 0.415 e. The van der Waals surface area contributed by atoms with Crippen LogP contribution in [0.15, 0.2) is 24.0 Å². The lowest BCUT2D eigenvalue weighted by Crippen LogP contribution is -2.74. The van der Waals surface area contributed by atoms with Gasteiger partial charge in [0.2, 0.25) is 0 Å². The van der Waals surface area contributed by atoms with E-state index in [4.69, 9.17) is 19.9 Å². The summed E-state index contributed by atoms with van der Waals surface area (Å²) in [4.78, 5) is 17.3. The molecule has 178 valence electrons. The normalized spacial score (nSPS) is 36.5. The molecule has 1 aromatic rings. The molecule has 1 aromatic carbocycles. The highest BCUT2D eigenvalue weighted by Gasteiger charge is 2.72. The van der Waals surface area contributed by atoms with Gasteiger partial charge in [0, 0.05) is 37.2 Å². The van der Waals surface area contributed by atoms with Crippen LogP contribution in [-0.2, 0) is 16.6 Å². The Hall–Kier alpha value is -2.29. The Bertz CT molecular complexity index is 1030. The van der Waals surface area contributed by atoms with Gasteiger partial charge in [0.1, 0.15) is 5.76 Å². The number of ether oxygens (including phenoxy) is 3. The van der Waals surface area contributed by atoms with E-state index in [2.05, 4.69) is 18.0 Å². The first-order valence-corrected chi connectivity index (χ1v) is 12.1. The quantitative estimate of drug-likeness (QED) is 0.719. The summed E-state index contributed by atoms with van der Waals surface area (Å²) >= 11 is 0. The topological polar surface area (TPSA) is 97.5 Å². The Kier molecular flexibility index (Phi) is 4.74. The van der Waals surface area contributed by atoms with Gasteiger partial charge < -0.3 is 34.9 Å². The molecule has 2 aliphatic carbocycles. The van der Waals surface area contributed by atoms with E-state index in [0.717, 1.165) is 44.2 Å². The van der Waals surface area contributed by atoms with Crippen molar-refractivity contribution in [1.82, 2.24) is 9.80 Å². The third kappa shape index (κ3) is 2.65. The van der Waals surface area contributed by atoms with E-state index >= 15 is 0 Å². The molecule has 33 heavy (non-hydrogen) atoms. The SMILES string of the molecule is COc1ccc2c3c1O[C@H]1C(OC(=O)N4CCCC[C@@H]4CN)=CC[C@@]4(O)[C@@H](C2)N(C)CC[C@]314. The van der Waals surface area contributed by atoms with Crippen molar-refractivity contribution in [2.24, 2.45) is 5.73 Å². The maximum absolute atomic E-state index is 13.2. The van der Waals surface area contributed by atoms with Crippen molar-refractivity contribution in [3.63, 3.8) is 0 Å². The number of nitrogens with two attached hydrogens (primary N) is 1. The Labute approximate surface area is 194 Å². The van der Waals surface area contributed by atoms with Crippen molar-refractivity contribution in [2.45, 2.75) is 67.7 Å². The van der Waals surface area contributed by atoms with Crippen molar-refractivity contribution in [2.75, 3.05) is 33.8 Å². The van der Waals surface area contributed by atoms with Gasteiger partial charge in [0.05, 0.1) is 18.1 Å². The Balaban J connectivity index is 1.42. The molecule has 6 rings (SSSR count). The summed E-state index contributed by atoms with van der Waals surface area (Å²) in [5, 5.41) is 12.3. The van der Waals surface area contributed by atoms with E-state index in [-0.39, 0.29) is 18.2 Å². The van der Waals surface area contributed by atoms with Gasteiger partial charge in [0.15, 0.2) is 17.6 Å². The van der Waals surface area contributed by atoms with Crippen molar-refractivity contribution < 1.29 is 24.1 Å². The van der Waals surface area contributed by atoms with E-state index in [9.17, 15) is 9.90 Å². The number of nitrogens with zero attached hydrogens (tertiary/aromatic N) is 2. The fourth-order valence-electron chi connectivity index (χ4n) is 7.23. The van der Waals surface area contributed by atoms with Gasteiger partial charge in [-0.3, -0.25) is 0 Å². The first kappa shape index (κ1) is 21.3. The molecule has 0 radical (unpaired) electrons. The van der Waals surface area contributed by atoms with Crippen LogP contribution in [-0.4, -0.2) is 78.6 Å². The van der Waals surface area contributed by atoms with Crippen molar-refractivity contribution in [3.05, 3.63) is 35.1 Å². The highest BCUT2D eigenvalue weighted by atomic mass is 16.6. The number of carbonyl (C=O) groups is 1. The van der Waals surface area contributed by atoms with Crippen LogP contribution >= 0.6 is 0 Å². The zero-order valence-corrected chi connectivity index (χ0v) is 19.4. The van der Waals surface area contributed by atoms with Gasteiger partial charge in [-0.1, -0.05) is 6.07 Å². The van der Waals surface area contributed by atoms with Gasteiger partial charge in [0.25, 0.3) is 0 Å². The minimum Gasteiger partial charge on any atom is -0.493 e. The third-order valence-electron chi connectivity index (χ3n) is 8.90. The molecule has 2 bridgehead atoms. The number of rotatable bonds is 3. The first-order valence-electron chi connectivity index (χ1n) is 12.1. The van der Waals surface area contributed by atoms with Gasteiger partial charge in [-0.05, 0) is 63.4 Å². The fourth-order valence-corrected chi connectivity index (χ4v) is 7.23. The average Bonchev–Trinajstić information content (AvgIpc) is 3.18. The fraction of sp³-hybridized carbons (Fsp3) is 0.640. The summed E-state index contributed by atoms with van der Waals surface area (Å²) in [6.07, 6.45) is 5.75. The minimum absolute atomic E-state index is 0.00122. The second-order valence-corrected chi connectivity index (χ2v) is 10.2. The second-order valence-electron chi connectivity index (χ2n) is 10.2. The highest BCUT2D eigenvalue weighted by molar-refractivity contribution is 5.71. The average molecular weight is 456 g/mol. The number of methoxy groups -OCH3 is 1. The van der Waals surface area contributed by atoms with Crippen LogP contribution in [0.5, 0.6) is 11.5 Å². The predicted molar refractivity (Wildman–Crippen MR) is 121 cm³/mol. The van der Waals surface area contributed by atoms with Crippen molar-refractivity contribution in [3.8, 4) is 11.5 Å². The van der Waals surface area contributed by atoms with Crippen LogP contribution in [0.2, 0.25) is 0 Å². The van der Waals surface area contributed by atoms with Crippen LogP contribution in [0.4, 0.5) is 4.79 Å². The molecule has 8 heteroatoms. The molecular weight excluding hydrogens is 422 g/mol. The van der Waals surface area contributed by atoms with E-state index in [1.165, 1.54) is 5.56 Å². The molecular formula is C25H33N3O5. The molecule has 2 saturated heterocycles. The van der Waals surface area contributed by atoms with Crippen LogP contribution in [0.25, 0.3) is 0 Å². The Morgan fingerprint density at radius 1 is 1.33 bits per heavy atom. The van der Waals surface area contributed by atoms with E-state index in [1.807, 2.05) is 12.1 Å². The molecule has 0 unspecified atom stereocenters. The number of hydrogen-bond acceptors (Lipinski definition) is 7. The number of carbonyl (C=O) groups excluding carboxylic acids is 1. The lowest BCUT2D eigenvalue weighted by Gasteiger charge is -2.61. The molecule has 3 aliphatic heterocycles. The third-order valence-corrected chi connectivity index (χ3v) is 8.90. The monoisotopic (exact) mass is 455 g/mol. The molecule has 5 aliphatic rings. The Morgan fingerprint density at radius 3 is 2.97 bits per heavy atom. The molecule has 5 atom stereocenters. The number of piperidine rings is 2. The van der Waals surface area contributed by atoms with Gasteiger partial charge >= 0.3 is 6.09 Å². The van der Waals surface area contributed by atoms with E-state index in [0.29, 0.717) is 36.8 Å². The maximum atomic E-state index is 13.2. The van der Waals surface area contributed by atoms with Gasteiger partial charge in [-0.15, -0.1) is 0 Å². The summed E-state index contributed by atoms with van der Waals surface area (Å²) in [7, 11) is 3.71. The summed E-state index contributed by atoms with van der Waals surface area (Å²) in [6, 6.07) is 4.01. The summed E-state index contributed by atoms with van der Waals surface area (Å²) < 4.78 is 18.3. The Morgan fingerprint density at radius 2 is 2.18 bits per heavy atom. The number of hydrogen-bond donors (Lipinski definition) is 2. The molecule has 3 heterocycles. The number of benzene rings is 1. The number of aliphatic hydroxyl groups is 1. The minimum atomic E-state index is -1.00. The lowest BCUT2D eigenvalue weighted by molar-refractivity contribution is -0.163. The zero-order valence-electron chi connectivity index (χ0n) is 19.4. The summed E-state index contributed by atoms with van der Waals surface area (Å²) in [5.74, 6) is 1.84. The number of likely N-dealkylation sites (N-methyl/N-ethyl adjacent to an activating group) is 1. The van der Waals surface area contributed by atoms with Crippen LogP contribution in [0, 0.1) is 0 Å². The zero-order chi connectivity index (χ0) is 23.0. The standard InChI is InChI=1S/C25H33N3O5/c1-27-12-10-24-20-15-6-7-17(31-2)21(20)33-22(24)18(8-9-25(24,30)19(27)13-15)32-23(29)28-11-4-3-5-16(28)14-26/h6-8,16,19,22,30H,3-5,9-14,26H2,1-2H3/t16-,19-,22+,24+,25-/m1/s1. The van der Waals surface area contributed by atoms with Crippen LogP contribution < -0.4 is 15.2 Å². The van der Waals surface area contributed by atoms with E-state index < -0.39 is 17.1 Å². The van der Waals surface area contributed by atoms with Crippen LogP contribution in [0.3, 0.4) is 0 Å². The highest BCUT2D eigenvalue weighted by Crippen LogP contribution is 2.65.